The molecule has 104 valence electrons. The molecule has 0 saturated carbocycles. The summed E-state index contributed by atoms with van der Waals surface area (Å²) in [5.41, 5.74) is 6.76. The number of hydrogen-bond acceptors (Lipinski definition) is 6. The van der Waals surface area contributed by atoms with E-state index in [0.29, 0.717) is 24.6 Å². The van der Waals surface area contributed by atoms with E-state index in [1.165, 1.54) is 7.11 Å². The first-order valence-corrected chi connectivity index (χ1v) is 5.97. The standard InChI is InChI=1S/C12H18N4O3/c1-12(2,3)19-11(17)16-5-7-8(6-16)14-10(18-4)15-9(7)13/h5-6H2,1-4H3,(H2,13,14,15). The van der Waals surface area contributed by atoms with E-state index in [1.807, 2.05) is 20.8 Å². The summed E-state index contributed by atoms with van der Waals surface area (Å²) in [6, 6.07) is 0.210. The fourth-order valence-corrected chi connectivity index (χ4v) is 1.80. The highest BCUT2D eigenvalue weighted by Gasteiger charge is 2.30. The van der Waals surface area contributed by atoms with Crippen molar-refractivity contribution >= 4 is 11.9 Å². The summed E-state index contributed by atoms with van der Waals surface area (Å²) in [5.74, 6) is 0.341. The number of carbonyl (C=O) groups excluding carboxylic acids is 1. The fraction of sp³-hybridized carbons (Fsp3) is 0.583. The van der Waals surface area contributed by atoms with Crippen LogP contribution in [0.1, 0.15) is 32.0 Å². The zero-order valence-electron chi connectivity index (χ0n) is 11.6. The van der Waals surface area contributed by atoms with Crippen LogP contribution in [0, 0.1) is 0 Å². The predicted octanol–water partition coefficient (Wildman–Crippen LogP) is 1.32. The summed E-state index contributed by atoms with van der Waals surface area (Å²) in [6.45, 7) is 6.19. The van der Waals surface area contributed by atoms with Gasteiger partial charge < -0.3 is 15.2 Å². The van der Waals surface area contributed by atoms with Crippen LogP contribution in [-0.2, 0) is 17.8 Å². The first-order valence-electron chi connectivity index (χ1n) is 5.97. The summed E-state index contributed by atoms with van der Waals surface area (Å²) in [6.07, 6.45) is -0.385. The summed E-state index contributed by atoms with van der Waals surface area (Å²) in [4.78, 5) is 21.7. The molecular formula is C12H18N4O3. The molecule has 2 rings (SSSR count). The molecule has 1 aromatic rings. The van der Waals surface area contributed by atoms with E-state index in [1.54, 1.807) is 4.90 Å². The maximum Gasteiger partial charge on any atom is 0.410 e. The Balaban J connectivity index is 2.16. The lowest BCUT2D eigenvalue weighted by Gasteiger charge is -2.23. The molecule has 0 fully saturated rings. The van der Waals surface area contributed by atoms with Gasteiger partial charge in [-0.25, -0.2) is 4.79 Å². The van der Waals surface area contributed by atoms with Gasteiger partial charge in [0, 0.05) is 5.56 Å². The molecule has 0 bridgehead atoms. The third-order valence-corrected chi connectivity index (χ3v) is 2.63. The highest BCUT2D eigenvalue weighted by atomic mass is 16.6. The van der Waals surface area contributed by atoms with E-state index in [2.05, 4.69) is 9.97 Å². The molecule has 0 spiro atoms. The van der Waals surface area contributed by atoms with Gasteiger partial charge in [0.15, 0.2) is 0 Å². The topological polar surface area (TPSA) is 90.6 Å². The molecule has 1 amide bonds. The molecule has 0 aromatic carbocycles. The maximum atomic E-state index is 12.0. The molecule has 0 aliphatic carbocycles. The summed E-state index contributed by atoms with van der Waals surface area (Å²) >= 11 is 0. The molecule has 7 heteroatoms. The highest BCUT2D eigenvalue weighted by molar-refractivity contribution is 5.69. The van der Waals surface area contributed by atoms with Crippen LogP contribution in [-0.4, -0.2) is 33.7 Å². The number of anilines is 1. The zero-order chi connectivity index (χ0) is 14.2. The Morgan fingerprint density at radius 1 is 1.32 bits per heavy atom. The van der Waals surface area contributed by atoms with Gasteiger partial charge in [-0.15, -0.1) is 0 Å². The van der Waals surface area contributed by atoms with Crippen LogP contribution in [0.2, 0.25) is 0 Å². The van der Waals surface area contributed by atoms with Crippen molar-refractivity contribution in [2.75, 3.05) is 12.8 Å². The third kappa shape index (κ3) is 2.86. The lowest BCUT2D eigenvalue weighted by atomic mass is 10.2. The van der Waals surface area contributed by atoms with Gasteiger partial charge in [0.25, 0.3) is 0 Å². The Kier molecular flexibility index (Phi) is 3.21. The monoisotopic (exact) mass is 266 g/mol. The quantitative estimate of drug-likeness (QED) is 0.824. The van der Waals surface area contributed by atoms with E-state index in [-0.39, 0.29) is 12.1 Å². The van der Waals surface area contributed by atoms with Gasteiger partial charge in [-0.2, -0.15) is 9.97 Å². The number of carbonyl (C=O) groups is 1. The minimum absolute atomic E-state index is 0.210. The lowest BCUT2D eigenvalue weighted by molar-refractivity contribution is 0.0241. The SMILES string of the molecule is COc1nc(N)c2c(n1)CN(C(=O)OC(C)(C)C)C2. The first kappa shape index (κ1) is 13.4. The predicted molar refractivity (Wildman–Crippen MR) is 68.5 cm³/mol. The van der Waals surface area contributed by atoms with Crippen LogP contribution in [0.3, 0.4) is 0 Å². The van der Waals surface area contributed by atoms with Gasteiger partial charge in [0.2, 0.25) is 0 Å². The Bertz CT molecular complexity index is 510. The molecular weight excluding hydrogens is 248 g/mol. The van der Waals surface area contributed by atoms with Crippen molar-refractivity contribution in [2.24, 2.45) is 0 Å². The van der Waals surface area contributed by atoms with Crippen molar-refractivity contribution in [2.45, 2.75) is 39.5 Å². The average Bonchev–Trinajstić information content (AvgIpc) is 2.71. The van der Waals surface area contributed by atoms with Crippen LogP contribution in [0.25, 0.3) is 0 Å². The maximum absolute atomic E-state index is 12.0. The molecule has 19 heavy (non-hydrogen) atoms. The Morgan fingerprint density at radius 2 is 2.00 bits per heavy atom. The summed E-state index contributed by atoms with van der Waals surface area (Å²) < 4.78 is 10.3. The smallest absolute Gasteiger partial charge is 0.410 e. The number of nitrogens with two attached hydrogens (primary N) is 1. The van der Waals surface area contributed by atoms with Crippen molar-refractivity contribution in [1.82, 2.24) is 14.9 Å². The van der Waals surface area contributed by atoms with Gasteiger partial charge in [-0.1, -0.05) is 0 Å². The van der Waals surface area contributed by atoms with Crippen LogP contribution in [0.15, 0.2) is 0 Å². The van der Waals surface area contributed by atoms with E-state index in [9.17, 15) is 4.79 Å². The highest BCUT2D eigenvalue weighted by Crippen LogP contribution is 2.28. The first-order chi connectivity index (χ1) is 8.80. The lowest BCUT2D eigenvalue weighted by Crippen LogP contribution is -2.33. The molecule has 0 unspecified atom stereocenters. The second-order valence-corrected chi connectivity index (χ2v) is 5.36. The van der Waals surface area contributed by atoms with Gasteiger partial charge in [0.05, 0.1) is 25.9 Å². The molecule has 0 atom stereocenters. The second kappa shape index (κ2) is 4.56. The molecule has 2 heterocycles. The van der Waals surface area contributed by atoms with Gasteiger partial charge >= 0.3 is 12.1 Å². The Morgan fingerprint density at radius 3 is 2.58 bits per heavy atom. The number of amides is 1. The van der Waals surface area contributed by atoms with Crippen LogP contribution < -0.4 is 10.5 Å². The van der Waals surface area contributed by atoms with Gasteiger partial charge in [-0.3, -0.25) is 4.90 Å². The van der Waals surface area contributed by atoms with Crippen LogP contribution >= 0.6 is 0 Å². The molecule has 1 aliphatic heterocycles. The number of nitrogen functional groups attached to an aromatic ring is 1. The van der Waals surface area contributed by atoms with Crippen molar-refractivity contribution < 1.29 is 14.3 Å². The normalized spacial score (nSPS) is 14.2. The molecule has 7 nitrogen and oxygen atoms in total. The van der Waals surface area contributed by atoms with E-state index < -0.39 is 5.60 Å². The van der Waals surface area contributed by atoms with Crippen LogP contribution in [0.4, 0.5) is 10.6 Å². The number of ether oxygens (including phenoxy) is 2. The number of hydrogen-bond donors (Lipinski definition) is 1. The molecule has 2 N–H and O–H groups in total. The van der Waals surface area contributed by atoms with Crippen molar-refractivity contribution in [1.29, 1.82) is 0 Å². The largest absolute Gasteiger partial charge is 0.467 e. The van der Waals surface area contributed by atoms with E-state index in [0.717, 1.165) is 5.56 Å². The van der Waals surface area contributed by atoms with Crippen molar-refractivity contribution in [3.8, 4) is 6.01 Å². The van der Waals surface area contributed by atoms with Crippen molar-refractivity contribution in [3.05, 3.63) is 11.3 Å². The molecule has 0 saturated heterocycles. The number of rotatable bonds is 1. The summed E-state index contributed by atoms with van der Waals surface area (Å²) in [5, 5.41) is 0. The number of methoxy groups -OCH3 is 1. The molecule has 1 aliphatic rings. The Labute approximate surface area is 111 Å². The summed E-state index contributed by atoms with van der Waals surface area (Å²) in [7, 11) is 1.47. The molecule has 1 aromatic heterocycles. The minimum atomic E-state index is -0.527. The Hall–Kier alpha value is -2.05. The third-order valence-electron chi connectivity index (χ3n) is 2.63. The number of fused-ring (bicyclic) bond motifs is 1. The van der Waals surface area contributed by atoms with Gasteiger partial charge in [-0.05, 0) is 20.8 Å². The van der Waals surface area contributed by atoms with Crippen LogP contribution in [0.5, 0.6) is 6.01 Å². The molecule has 0 radical (unpaired) electrons. The number of aromatic nitrogens is 2. The zero-order valence-corrected chi connectivity index (χ0v) is 11.6. The van der Waals surface area contributed by atoms with Crippen molar-refractivity contribution in [3.63, 3.8) is 0 Å². The second-order valence-electron chi connectivity index (χ2n) is 5.36. The van der Waals surface area contributed by atoms with E-state index in [4.69, 9.17) is 15.2 Å². The average molecular weight is 266 g/mol. The minimum Gasteiger partial charge on any atom is -0.467 e. The van der Waals surface area contributed by atoms with E-state index >= 15 is 0 Å². The van der Waals surface area contributed by atoms with Gasteiger partial charge in [0.1, 0.15) is 11.4 Å². The number of nitrogens with zero attached hydrogens (tertiary/aromatic N) is 3. The fourth-order valence-electron chi connectivity index (χ4n) is 1.80.